The molecule has 68 valence electrons. The number of ether oxygens (including phenoxy) is 1. The van der Waals surface area contributed by atoms with E-state index in [0.717, 1.165) is 13.1 Å². The van der Waals surface area contributed by atoms with Crippen molar-refractivity contribution in [1.82, 2.24) is 10.6 Å². The van der Waals surface area contributed by atoms with Crippen LogP contribution in [0.15, 0.2) is 0 Å². The topological polar surface area (TPSA) is 50.4 Å². The molecule has 2 rings (SSSR count). The van der Waals surface area contributed by atoms with E-state index < -0.39 is 0 Å². The Morgan fingerprint density at radius 2 is 2.33 bits per heavy atom. The van der Waals surface area contributed by atoms with Crippen LogP contribution in [0.3, 0.4) is 0 Å². The molecule has 0 aromatic rings. The Labute approximate surface area is 71.7 Å². The van der Waals surface area contributed by atoms with Crippen LogP contribution in [-0.4, -0.2) is 37.7 Å². The van der Waals surface area contributed by atoms with Crippen LogP contribution in [0, 0.1) is 5.92 Å². The van der Waals surface area contributed by atoms with Gasteiger partial charge in [-0.3, -0.25) is 4.79 Å². The minimum atomic E-state index is 0.00662. The molecule has 0 aliphatic carbocycles. The van der Waals surface area contributed by atoms with Gasteiger partial charge in [-0.05, 0) is 5.92 Å². The van der Waals surface area contributed by atoms with Crippen molar-refractivity contribution in [3.05, 3.63) is 0 Å². The molecule has 4 heteroatoms. The highest BCUT2D eigenvalue weighted by atomic mass is 16.5. The highest BCUT2D eigenvalue weighted by molar-refractivity contribution is 5.78. The molecular formula is C8H14N2O2. The van der Waals surface area contributed by atoms with Gasteiger partial charge in [-0.15, -0.1) is 0 Å². The quantitative estimate of drug-likeness (QED) is 0.496. The molecule has 0 aromatic heterocycles. The monoisotopic (exact) mass is 170 g/mol. The third-order valence-corrected chi connectivity index (χ3v) is 2.54. The van der Waals surface area contributed by atoms with Crippen molar-refractivity contribution in [2.24, 2.45) is 5.92 Å². The fourth-order valence-electron chi connectivity index (χ4n) is 1.93. The van der Waals surface area contributed by atoms with Gasteiger partial charge in [-0.25, -0.2) is 0 Å². The maximum absolute atomic E-state index is 11.0. The second-order valence-corrected chi connectivity index (χ2v) is 3.59. The van der Waals surface area contributed by atoms with E-state index in [0.29, 0.717) is 5.92 Å². The van der Waals surface area contributed by atoms with Crippen LogP contribution in [0.4, 0.5) is 0 Å². The maximum Gasteiger partial charge on any atom is 0.246 e. The average molecular weight is 170 g/mol. The molecule has 4 nitrogen and oxygen atoms in total. The van der Waals surface area contributed by atoms with Gasteiger partial charge in [-0.1, -0.05) is 6.92 Å². The van der Waals surface area contributed by atoms with Gasteiger partial charge in [0.2, 0.25) is 5.91 Å². The summed E-state index contributed by atoms with van der Waals surface area (Å²) in [5, 5.41) is 6.18. The molecule has 2 N–H and O–H groups in total. The number of morpholine rings is 1. The van der Waals surface area contributed by atoms with Crippen LogP contribution in [0.25, 0.3) is 0 Å². The summed E-state index contributed by atoms with van der Waals surface area (Å²) in [5.74, 6) is 0.497. The Hall–Kier alpha value is -0.610. The first-order valence-corrected chi connectivity index (χ1v) is 4.39. The Balaban J connectivity index is 2.04. The molecule has 1 unspecified atom stereocenters. The molecule has 2 fully saturated rings. The van der Waals surface area contributed by atoms with Crippen LogP contribution in [0.5, 0.6) is 0 Å². The Morgan fingerprint density at radius 1 is 1.50 bits per heavy atom. The first-order chi connectivity index (χ1) is 5.77. The maximum atomic E-state index is 11.0. The first kappa shape index (κ1) is 8.01. The van der Waals surface area contributed by atoms with Crippen molar-refractivity contribution in [3.63, 3.8) is 0 Å². The lowest BCUT2D eigenvalue weighted by Crippen LogP contribution is -2.62. The third-order valence-electron chi connectivity index (χ3n) is 2.54. The summed E-state index contributed by atoms with van der Waals surface area (Å²) in [5.41, 5.74) is 0. The number of hydrogen-bond donors (Lipinski definition) is 2. The Bertz CT molecular complexity index is 195. The number of carbonyl (C=O) groups is 1. The number of fused-ring (bicyclic) bond motifs is 1. The summed E-state index contributed by atoms with van der Waals surface area (Å²) in [6.45, 7) is 4.19. The van der Waals surface area contributed by atoms with Crippen molar-refractivity contribution < 1.29 is 9.53 Å². The molecule has 0 spiro atoms. The van der Waals surface area contributed by atoms with Gasteiger partial charge < -0.3 is 15.4 Å². The van der Waals surface area contributed by atoms with E-state index in [2.05, 4.69) is 17.6 Å². The van der Waals surface area contributed by atoms with E-state index in [1.807, 2.05) is 0 Å². The molecule has 2 aliphatic rings. The van der Waals surface area contributed by atoms with Crippen LogP contribution in [0.2, 0.25) is 0 Å². The summed E-state index contributed by atoms with van der Waals surface area (Å²) in [6.07, 6.45) is 0.212. The minimum absolute atomic E-state index is 0.00662. The van der Waals surface area contributed by atoms with E-state index in [1.54, 1.807) is 0 Å². The number of rotatable bonds is 0. The fraction of sp³-hybridized carbons (Fsp3) is 0.875. The average Bonchev–Trinajstić information content (AvgIpc) is 2.04. The van der Waals surface area contributed by atoms with Crippen molar-refractivity contribution >= 4 is 5.91 Å². The van der Waals surface area contributed by atoms with Gasteiger partial charge in [0, 0.05) is 13.1 Å². The molecule has 0 radical (unpaired) electrons. The lowest BCUT2D eigenvalue weighted by molar-refractivity contribution is -0.141. The van der Waals surface area contributed by atoms with Gasteiger partial charge in [0.1, 0.15) is 6.61 Å². The molecule has 12 heavy (non-hydrogen) atoms. The van der Waals surface area contributed by atoms with E-state index in [-0.39, 0.29) is 24.7 Å². The van der Waals surface area contributed by atoms with Crippen molar-refractivity contribution in [2.45, 2.75) is 19.1 Å². The SMILES string of the molecule is C[C@@H]1CNCC2NC(=O)CO[C@H]21. The van der Waals surface area contributed by atoms with Gasteiger partial charge in [0.05, 0.1) is 12.1 Å². The Morgan fingerprint density at radius 3 is 3.17 bits per heavy atom. The van der Waals surface area contributed by atoms with Crippen LogP contribution in [0.1, 0.15) is 6.92 Å². The predicted octanol–water partition coefficient (Wildman–Crippen LogP) is -0.891. The van der Waals surface area contributed by atoms with E-state index >= 15 is 0 Å². The van der Waals surface area contributed by atoms with Crippen molar-refractivity contribution in [2.75, 3.05) is 19.7 Å². The van der Waals surface area contributed by atoms with Gasteiger partial charge in [-0.2, -0.15) is 0 Å². The number of hydrogen-bond acceptors (Lipinski definition) is 3. The first-order valence-electron chi connectivity index (χ1n) is 4.39. The van der Waals surface area contributed by atoms with Crippen molar-refractivity contribution in [3.8, 4) is 0 Å². The lowest BCUT2D eigenvalue weighted by Gasteiger charge is -2.40. The van der Waals surface area contributed by atoms with Crippen LogP contribution in [-0.2, 0) is 9.53 Å². The third kappa shape index (κ3) is 1.32. The number of nitrogens with one attached hydrogen (secondary N) is 2. The molecule has 2 heterocycles. The molecule has 1 amide bonds. The molecule has 2 saturated heterocycles. The summed E-state index contributed by atoms with van der Waals surface area (Å²) >= 11 is 0. The number of piperidine rings is 1. The highest BCUT2D eigenvalue weighted by Gasteiger charge is 2.35. The van der Waals surface area contributed by atoms with Crippen LogP contribution < -0.4 is 10.6 Å². The molecule has 0 aromatic carbocycles. The second-order valence-electron chi connectivity index (χ2n) is 3.59. The summed E-state index contributed by atoms with van der Waals surface area (Å²) < 4.78 is 5.45. The summed E-state index contributed by atoms with van der Waals surface area (Å²) in [6, 6.07) is 0.176. The predicted molar refractivity (Wildman–Crippen MR) is 43.7 cm³/mol. The van der Waals surface area contributed by atoms with Gasteiger partial charge >= 0.3 is 0 Å². The van der Waals surface area contributed by atoms with Crippen LogP contribution >= 0.6 is 0 Å². The fourth-order valence-corrected chi connectivity index (χ4v) is 1.93. The van der Waals surface area contributed by atoms with Gasteiger partial charge in [0.15, 0.2) is 0 Å². The summed E-state index contributed by atoms with van der Waals surface area (Å²) in [7, 11) is 0. The molecular weight excluding hydrogens is 156 g/mol. The molecule has 0 bridgehead atoms. The largest absolute Gasteiger partial charge is 0.366 e. The second kappa shape index (κ2) is 3.03. The van der Waals surface area contributed by atoms with E-state index in [4.69, 9.17) is 4.74 Å². The zero-order chi connectivity index (χ0) is 8.55. The summed E-state index contributed by atoms with van der Waals surface area (Å²) in [4.78, 5) is 11.0. The zero-order valence-corrected chi connectivity index (χ0v) is 7.17. The van der Waals surface area contributed by atoms with E-state index in [1.165, 1.54) is 0 Å². The standard InChI is InChI=1S/C8H14N2O2/c1-5-2-9-3-6-8(5)12-4-7(11)10-6/h5-6,8-9H,2-4H2,1H3,(H,10,11)/t5-,6?,8+/m1/s1. The lowest BCUT2D eigenvalue weighted by atomic mass is 9.93. The van der Waals surface area contributed by atoms with Crippen molar-refractivity contribution in [1.29, 1.82) is 0 Å². The van der Waals surface area contributed by atoms with Gasteiger partial charge in [0.25, 0.3) is 0 Å². The number of carbonyl (C=O) groups excluding carboxylic acids is 1. The number of amides is 1. The molecule has 3 atom stereocenters. The smallest absolute Gasteiger partial charge is 0.246 e. The Kier molecular flexibility index (Phi) is 2.02. The highest BCUT2D eigenvalue weighted by Crippen LogP contribution is 2.17. The molecule has 0 saturated carbocycles. The molecule has 2 aliphatic heterocycles. The normalized spacial score (nSPS) is 41.8. The minimum Gasteiger partial charge on any atom is -0.366 e. The zero-order valence-electron chi connectivity index (χ0n) is 7.17. The van der Waals surface area contributed by atoms with E-state index in [9.17, 15) is 4.79 Å².